The van der Waals surface area contributed by atoms with Crippen molar-refractivity contribution in [3.05, 3.63) is 29.7 Å². The van der Waals surface area contributed by atoms with Crippen molar-refractivity contribution in [2.45, 2.75) is 60.3 Å². The molecule has 0 aliphatic rings. The van der Waals surface area contributed by atoms with Crippen LogP contribution in [-0.4, -0.2) is 23.2 Å². The fourth-order valence-corrected chi connectivity index (χ4v) is 2.42. The molecule has 0 radical (unpaired) electrons. The molecule has 5 heteroatoms. The molecule has 24 heavy (non-hydrogen) atoms. The predicted molar refractivity (Wildman–Crippen MR) is 98.1 cm³/mol. The quantitative estimate of drug-likeness (QED) is 0.764. The van der Waals surface area contributed by atoms with Crippen LogP contribution in [0.1, 0.15) is 58.4 Å². The number of rotatable bonds is 6. The second-order valence-corrected chi connectivity index (χ2v) is 5.42. The Hall–Kier alpha value is -2.17. The summed E-state index contributed by atoms with van der Waals surface area (Å²) in [4.78, 5) is 14.0. The Morgan fingerprint density at radius 3 is 2.42 bits per heavy atom. The zero-order chi connectivity index (χ0) is 18.1. The molecule has 1 aromatic heterocycles. The van der Waals surface area contributed by atoms with E-state index in [1.165, 1.54) is 0 Å². The Kier molecular flexibility index (Phi) is 8.16. The molecule has 0 N–H and O–H groups in total. The molecule has 2 aromatic rings. The van der Waals surface area contributed by atoms with E-state index >= 15 is 0 Å². The zero-order valence-corrected chi connectivity index (χ0v) is 15.7. The molecule has 0 aliphatic carbocycles. The van der Waals surface area contributed by atoms with E-state index in [0.717, 1.165) is 36.1 Å². The molecule has 0 saturated heterocycles. The number of nitrogens with zero attached hydrogens (tertiary/aromatic N) is 3. The van der Waals surface area contributed by atoms with Crippen LogP contribution in [0.15, 0.2) is 22.6 Å². The second-order valence-electron chi connectivity index (χ2n) is 5.42. The number of benzene rings is 1. The molecule has 5 nitrogen and oxygen atoms in total. The van der Waals surface area contributed by atoms with Gasteiger partial charge in [-0.3, -0.25) is 4.79 Å². The molecular weight excluding hydrogens is 302 g/mol. The maximum atomic E-state index is 12.2. The molecule has 0 bridgehead atoms. The number of aryl methyl sites for hydroxylation is 2. The molecule has 2 rings (SSSR count). The Morgan fingerprint density at radius 1 is 1.17 bits per heavy atom. The lowest BCUT2D eigenvalue weighted by molar-refractivity contribution is -0.118. The summed E-state index contributed by atoms with van der Waals surface area (Å²) in [5.74, 6) is 1.14. The Labute approximate surface area is 145 Å². The van der Waals surface area contributed by atoms with Crippen LogP contribution in [0, 0.1) is 6.92 Å². The van der Waals surface area contributed by atoms with Gasteiger partial charge < -0.3 is 9.32 Å². The fourth-order valence-electron chi connectivity index (χ4n) is 2.42. The number of carbonyl (C=O) groups is 1. The summed E-state index contributed by atoms with van der Waals surface area (Å²) < 4.78 is 5.49. The van der Waals surface area contributed by atoms with Crippen molar-refractivity contribution in [2.75, 3.05) is 11.9 Å². The first-order chi connectivity index (χ1) is 11.6. The van der Waals surface area contributed by atoms with Gasteiger partial charge in [-0.25, -0.2) is 0 Å². The highest BCUT2D eigenvalue weighted by Crippen LogP contribution is 2.28. The largest absolute Gasteiger partial charge is 0.421 e. The predicted octanol–water partition coefficient (Wildman–Crippen LogP) is 4.79. The maximum absolute atomic E-state index is 12.2. The number of hydrogen-bond donors (Lipinski definition) is 0. The third kappa shape index (κ3) is 4.91. The Bertz CT molecular complexity index is 650. The maximum Gasteiger partial charge on any atom is 0.247 e. The Balaban J connectivity index is 0.00000139. The van der Waals surface area contributed by atoms with E-state index in [1.54, 1.807) is 11.8 Å². The molecular formula is C19H29N3O2. The summed E-state index contributed by atoms with van der Waals surface area (Å²) in [6.45, 7) is 9.91. The molecule has 0 atom stereocenters. The van der Waals surface area contributed by atoms with Gasteiger partial charge in [-0.1, -0.05) is 40.2 Å². The smallest absolute Gasteiger partial charge is 0.247 e. The van der Waals surface area contributed by atoms with Crippen molar-refractivity contribution < 1.29 is 9.21 Å². The van der Waals surface area contributed by atoms with Crippen LogP contribution < -0.4 is 4.90 Å². The summed E-state index contributed by atoms with van der Waals surface area (Å²) >= 11 is 0. The minimum absolute atomic E-state index is 0.124. The third-order valence-electron chi connectivity index (χ3n) is 3.58. The van der Waals surface area contributed by atoms with E-state index in [4.69, 9.17) is 4.42 Å². The van der Waals surface area contributed by atoms with E-state index in [-0.39, 0.29) is 5.91 Å². The first-order valence-electron chi connectivity index (χ1n) is 8.76. The third-order valence-corrected chi connectivity index (χ3v) is 3.58. The van der Waals surface area contributed by atoms with Gasteiger partial charge in [-0.15, -0.1) is 10.2 Å². The van der Waals surface area contributed by atoms with Gasteiger partial charge in [0.15, 0.2) is 0 Å². The van der Waals surface area contributed by atoms with Crippen LogP contribution in [-0.2, 0) is 11.2 Å². The van der Waals surface area contributed by atoms with Crippen LogP contribution in [0.25, 0.3) is 11.5 Å². The van der Waals surface area contributed by atoms with Gasteiger partial charge in [-0.05, 0) is 30.5 Å². The monoisotopic (exact) mass is 331 g/mol. The van der Waals surface area contributed by atoms with E-state index < -0.39 is 0 Å². The van der Waals surface area contributed by atoms with Crippen LogP contribution in [0.2, 0.25) is 0 Å². The summed E-state index contributed by atoms with van der Waals surface area (Å²) in [5, 5.41) is 7.92. The standard InChI is InChI=1S/C17H23N3O2.C2H6/c1-5-7-13-9-10-14(17-19-18-12(3)22-17)11-15(13)20(4)16(21)8-6-2;1-2/h9-11H,5-8H2,1-4H3;1-2H3. The van der Waals surface area contributed by atoms with E-state index in [1.807, 2.05) is 46.0 Å². The zero-order valence-electron chi connectivity index (χ0n) is 15.7. The molecule has 0 aliphatic heterocycles. The number of hydrogen-bond acceptors (Lipinski definition) is 4. The number of amides is 1. The number of anilines is 1. The van der Waals surface area contributed by atoms with Crippen molar-refractivity contribution >= 4 is 11.6 Å². The molecule has 0 unspecified atom stereocenters. The summed E-state index contributed by atoms with van der Waals surface area (Å²) in [5.41, 5.74) is 2.93. The van der Waals surface area contributed by atoms with Crippen molar-refractivity contribution in [2.24, 2.45) is 0 Å². The Morgan fingerprint density at radius 2 is 1.88 bits per heavy atom. The van der Waals surface area contributed by atoms with Crippen molar-refractivity contribution in [1.82, 2.24) is 10.2 Å². The van der Waals surface area contributed by atoms with E-state index in [2.05, 4.69) is 17.1 Å². The van der Waals surface area contributed by atoms with Crippen molar-refractivity contribution in [3.8, 4) is 11.5 Å². The van der Waals surface area contributed by atoms with Gasteiger partial charge in [0.2, 0.25) is 17.7 Å². The van der Waals surface area contributed by atoms with Gasteiger partial charge >= 0.3 is 0 Å². The van der Waals surface area contributed by atoms with Crippen LogP contribution in [0.3, 0.4) is 0 Å². The van der Waals surface area contributed by atoms with E-state index in [0.29, 0.717) is 18.2 Å². The lowest BCUT2D eigenvalue weighted by Gasteiger charge is -2.21. The topological polar surface area (TPSA) is 59.2 Å². The SMILES string of the molecule is CC.CCCC(=O)N(C)c1cc(-c2nnc(C)o2)ccc1CCC. The van der Waals surface area contributed by atoms with Crippen LogP contribution in [0.5, 0.6) is 0 Å². The lowest BCUT2D eigenvalue weighted by atomic mass is 10.0. The van der Waals surface area contributed by atoms with Crippen molar-refractivity contribution in [1.29, 1.82) is 0 Å². The number of carbonyl (C=O) groups excluding carboxylic acids is 1. The van der Waals surface area contributed by atoms with Gasteiger partial charge in [0.05, 0.1) is 0 Å². The molecule has 0 spiro atoms. The van der Waals surface area contributed by atoms with Gasteiger partial charge in [0, 0.05) is 31.6 Å². The minimum Gasteiger partial charge on any atom is -0.421 e. The average molecular weight is 331 g/mol. The van der Waals surface area contributed by atoms with Gasteiger partial charge in [0.25, 0.3) is 0 Å². The molecule has 1 amide bonds. The second kappa shape index (κ2) is 9.85. The molecule has 132 valence electrons. The van der Waals surface area contributed by atoms with Crippen LogP contribution >= 0.6 is 0 Å². The summed E-state index contributed by atoms with van der Waals surface area (Å²) in [6.07, 6.45) is 3.35. The highest BCUT2D eigenvalue weighted by Gasteiger charge is 2.16. The summed E-state index contributed by atoms with van der Waals surface area (Å²) in [7, 11) is 1.83. The highest BCUT2D eigenvalue weighted by atomic mass is 16.4. The molecule has 1 heterocycles. The lowest BCUT2D eigenvalue weighted by Crippen LogP contribution is -2.26. The van der Waals surface area contributed by atoms with E-state index in [9.17, 15) is 4.79 Å². The number of aromatic nitrogens is 2. The average Bonchev–Trinajstić information content (AvgIpc) is 3.03. The van der Waals surface area contributed by atoms with Crippen LogP contribution in [0.4, 0.5) is 5.69 Å². The molecule has 0 fully saturated rings. The fraction of sp³-hybridized carbons (Fsp3) is 0.526. The van der Waals surface area contributed by atoms with Crippen molar-refractivity contribution in [3.63, 3.8) is 0 Å². The normalized spacial score (nSPS) is 10.1. The summed E-state index contributed by atoms with van der Waals surface area (Å²) in [6, 6.07) is 5.98. The van der Waals surface area contributed by atoms with Gasteiger partial charge in [0.1, 0.15) is 0 Å². The molecule has 1 aromatic carbocycles. The first-order valence-corrected chi connectivity index (χ1v) is 8.76. The molecule has 0 saturated carbocycles. The first kappa shape index (κ1) is 19.9. The highest BCUT2D eigenvalue weighted by molar-refractivity contribution is 5.94. The van der Waals surface area contributed by atoms with Gasteiger partial charge in [-0.2, -0.15) is 0 Å². The minimum atomic E-state index is 0.124.